The molecule has 1 amide bonds. The maximum absolute atomic E-state index is 12.3. The first-order chi connectivity index (χ1) is 10.1. The number of esters is 1. The van der Waals surface area contributed by atoms with Crippen LogP contribution >= 0.6 is 0 Å². The van der Waals surface area contributed by atoms with Gasteiger partial charge in [0, 0.05) is 12.2 Å². The fraction of sp³-hybridized carbons (Fsp3) is 0.500. The molecule has 5 heteroatoms. The average Bonchev–Trinajstić information content (AvgIpc) is 2.54. The van der Waals surface area contributed by atoms with Crippen LogP contribution in [0.4, 0.5) is 5.69 Å². The van der Waals surface area contributed by atoms with E-state index < -0.39 is 0 Å². The molecule has 21 heavy (non-hydrogen) atoms. The normalized spacial score (nSPS) is 20.6. The summed E-state index contributed by atoms with van der Waals surface area (Å²) in [6, 6.07) is 9.13. The van der Waals surface area contributed by atoms with Crippen molar-refractivity contribution in [3.63, 3.8) is 0 Å². The average molecular weight is 290 g/mol. The zero-order valence-electron chi connectivity index (χ0n) is 12.5. The van der Waals surface area contributed by atoms with E-state index in [1.165, 1.54) is 7.11 Å². The lowest BCUT2D eigenvalue weighted by Gasteiger charge is -2.34. The summed E-state index contributed by atoms with van der Waals surface area (Å²) in [4.78, 5) is 26.0. The first-order valence-electron chi connectivity index (χ1n) is 7.29. The molecule has 1 aliphatic rings. The third kappa shape index (κ3) is 4.04. The molecule has 2 rings (SSSR count). The van der Waals surface area contributed by atoms with Crippen molar-refractivity contribution in [2.45, 2.75) is 25.8 Å². The minimum atomic E-state index is -0.266. The van der Waals surface area contributed by atoms with Gasteiger partial charge in [-0.15, -0.1) is 0 Å². The smallest absolute Gasteiger partial charge is 0.309 e. The predicted octanol–water partition coefficient (Wildman–Crippen LogP) is 1.90. The molecule has 0 aromatic heterocycles. The van der Waals surface area contributed by atoms with Gasteiger partial charge < -0.3 is 10.1 Å². The highest BCUT2D eigenvalue weighted by atomic mass is 16.5. The summed E-state index contributed by atoms with van der Waals surface area (Å²) in [5, 5.41) is 2.90. The summed E-state index contributed by atoms with van der Waals surface area (Å²) in [5.74, 6) is -0.363. The molecule has 1 aliphatic heterocycles. The molecule has 114 valence electrons. The summed E-state index contributed by atoms with van der Waals surface area (Å²) in [7, 11) is 1.41. The molecule has 1 saturated heterocycles. The van der Waals surface area contributed by atoms with Crippen molar-refractivity contribution in [1.82, 2.24) is 4.90 Å². The second-order valence-electron chi connectivity index (χ2n) is 5.39. The standard InChI is InChI=1S/C16H22N2O3/c1-12(15(19)17-14-8-4-3-5-9-14)18-10-6-7-13(11-18)16(20)21-2/h3-5,8-9,12-13H,6-7,10-11H2,1-2H3,(H,17,19). The van der Waals surface area contributed by atoms with Gasteiger partial charge in [0.1, 0.15) is 0 Å². The minimum absolute atomic E-state index is 0.0493. The van der Waals surface area contributed by atoms with E-state index in [0.29, 0.717) is 6.54 Å². The molecule has 0 saturated carbocycles. The molecular weight excluding hydrogens is 268 g/mol. The van der Waals surface area contributed by atoms with Crippen LogP contribution in [0.25, 0.3) is 0 Å². The number of para-hydroxylation sites is 1. The molecule has 1 heterocycles. The lowest BCUT2D eigenvalue weighted by molar-refractivity contribution is -0.148. The second kappa shape index (κ2) is 7.22. The van der Waals surface area contributed by atoms with E-state index in [0.717, 1.165) is 25.1 Å². The van der Waals surface area contributed by atoms with Gasteiger partial charge in [0.05, 0.1) is 19.1 Å². The largest absolute Gasteiger partial charge is 0.469 e. The van der Waals surface area contributed by atoms with Crippen molar-refractivity contribution in [3.8, 4) is 0 Å². The van der Waals surface area contributed by atoms with Gasteiger partial charge in [-0.3, -0.25) is 14.5 Å². The highest BCUT2D eigenvalue weighted by Crippen LogP contribution is 2.20. The van der Waals surface area contributed by atoms with Gasteiger partial charge in [0.25, 0.3) is 0 Å². The molecule has 0 aliphatic carbocycles. The summed E-state index contributed by atoms with van der Waals surface area (Å²) in [6.07, 6.45) is 1.74. The fourth-order valence-electron chi connectivity index (χ4n) is 2.65. The topological polar surface area (TPSA) is 58.6 Å². The third-order valence-electron chi connectivity index (χ3n) is 3.96. The van der Waals surface area contributed by atoms with E-state index >= 15 is 0 Å². The number of anilines is 1. The van der Waals surface area contributed by atoms with Crippen molar-refractivity contribution in [3.05, 3.63) is 30.3 Å². The maximum Gasteiger partial charge on any atom is 0.309 e. The molecule has 1 N–H and O–H groups in total. The van der Waals surface area contributed by atoms with Gasteiger partial charge in [-0.05, 0) is 38.4 Å². The van der Waals surface area contributed by atoms with E-state index in [1.54, 1.807) is 0 Å². The van der Waals surface area contributed by atoms with Crippen LogP contribution in [0.15, 0.2) is 30.3 Å². The Morgan fingerprint density at radius 3 is 2.71 bits per heavy atom. The number of benzene rings is 1. The van der Waals surface area contributed by atoms with E-state index in [4.69, 9.17) is 4.74 Å². The van der Waals surface area contributed by atoms with Crippen molar-refractivity contribution in [2.24, 2.45) is 5.92 Å². The van der Waals surface area contributed by atoms with E-state index in [1.807, 2.05) is 42.2 Å². The lowest BCUT2D eigenvalue weighted by Crippen LogP contribution is -2.48. The second-order valence-corrected chi connectivity index (χ2v) is 5.39. The number of ether oxygens (including phenoxy) is 1. The zero-order valence-corrected chi connectivity index (χ0v) is 12.5. The quantitative estimate of drug-likeness (QED) is 0.860. The molecule has 0 bridgehead atoms. The first kappa shape index (κ1) is 15.5. The molecule has 5 nitrogen and oxygen atoms in total. The minimum Gasteiger partial charge on any atom is -0.469 e. The zero-order chi connectivity index (χ0) is 15.2. The monoisotopic (exact) mass is 290 g/mol. The van der Waals surface area contributed by atoms with Crippen molar-refractivity contribution in [1.29, 1.82) is 0 Å². The van der Waals surface area contributed by atoms with Crippen LogP contribution in [0, 0.1) is 5.92 Å². The molecule has 0 spiro atoms. The predicted molar refractivity (Wildman–Crippen MR) is 80.8 cm³/mol. The Bertz CT molecular complexity index is 490. The van der Waals surface area contributed by atoms with Gasteiger partial charge in [-0.25, -0.2) is 0 Å². The molecule has 2 unspecified atom stereocenters. The number of rotatable bonds is 4. The van der Waals surface area contributed by atoms with E-state index in [-0.39, 0.29) is 23.8 Å². The molecule has 1 aromatic carbocycles. The number of carbonyl (C=O) groups is 2. The number of hydrogen-bond donors (Lipinski definition) is 1. The fourth-order valence-corrected chi connectivity index (χ4v) is 2.65. The SMILES string of the molecule is COC(=O)C1CCCN(C(C)C(=O)Nc2ccccc2)C1. The number of methoxy groups -OCH3 is 1. The van der Waals surface area contributed by atoms with E-state index in [9.17, 15) is 9.59 Å². The van der Waals surface area contributed by atoms with Gasteiger partial charge in [-0.1, -0.05) is 18.2 Å². The first-order valence-corrected chi connectivity index (χ1v) is 7.29. The Morgan fingerprint density at radius 2 is 2.05 bits per heavy atom. The Morgan fingerprint density at radius 1 is 1.33 bits per heavy atom. The van der Waals surface area contributed by atoms with Crippen LogP contribution in [-0.2, 0) is 14.3 Å². The van der Waals surface area contributed by atoms with E-state index in [2.05, 4.69) is 5.32 Å². The van der Waals surface area contributed by atoms with Crippen LogP contribution in [0.1, 0.15) is 19.8 Å². The molecule has 0 radical (unpaired) electrons. The van der Waals surface area contributed by atoms with Crippen molar-refractivity contribution < 1.29 is 14.3 Å². The Hall–Kier alpha value is -1.88. The number of nitrogens with one attached hydrogen (secondary N) is 1. The lowest BCUT2D eigenvalue weighted by atomic mass is 9.97. The Balaban J connectivity index is 1.94. The summed E-state index contributed by atoms with van der Waals surface area (Å²) < 4.78 is 4.81. The van der Waals surface area contributed by atoms with Crippen LogP contribution in [0.5, 0.6) is 0 Å². The summed E-state index contributed by atoms with van der Waals surface area (Å²) >= 11 is 0. The molecule has 1 aromatic rings. The number of likely N-dealkylation sites (tertiary alicyclic amines) is 1. The number of piperidine rings is 1. The number of carbonyl (C=O) groups excluding carboxylic acids is 2. The molecule has 1 fully saturated rings. The van der Waals surface area contributed by atoms with Crippen molar-refractivity contribution in [2.75, 3.05) is 25.5 Å². The third-order valence-corrected chi connectivity index (χ3v) is 3.96. The summed E-state index contributed by atoms with van der Waals surface area (Å²) in [5.41, 5.74) is 0.788. The highest BCUT2D eigenvalue weighted by molar-refractivity contribution is 5.94. The Labute approximate surface area is 125 Å². The van der Waals surface area contributed by atoms with Crippen LogP contribution in [0.3, 0.4) is 0 Å². The van der Waals surface area contributed by atoms with Crippen LogP contribution < -0.4 is 5.32 Å². The highest BCUT2D eigenvalue weighted by Gasteiger charge is 2.31. The van der Waals surface area contributed by atoms with Crippen molar-refractivity contribution >= 4 is 17.6 Å². The van der Waals surface area contributed by atoms with Gasteiger partial charge in [0.2, 0.25) is 5.91 Å². The van der Waals surface area contributed by atoms with Gasteiger partial charge >= 0.3 is 5.97 Å². The van der Waals surface area contributed by atoms with Crippen LogP contribution in [-0.4, -0.2) is 43.0 Å². The van der Waals surface area contributed by atoms with Gasteiger partial charge in [-0.2, -0.15) is 0 Å². The number of nitrogens with zero attached hydrogens (tertiary/aromatic N) is 1. The molecule has 2 atom stereocenters. The Kier molecular flexibility index (Phi) is 5.33. The van der Waals surface area contributed by atoms with Gasteiger partial charge in [0.15, 0.2) is 0 Å². The van der Waals surface area contributed by atoms with Crippen LogP contribution in [0.2, 0.25) is 0 Å². The number of amides is 1. The summed E-state index contributed by atoms with van der Waals surface area (Å²) in [6.45, 7) is 3.28. The number of hydrogen-bond acceptors (Lipinski definition) is 4. The molecular formula is C16H22N2O3. The maximum atomic E-state index is 12.3.